The lowest BCUT2D eigenvalue weighted by atomic mass is 10.2. The van der Waals surface area contributed by atoms with Gasteiger partial charge in [0.2, 0.25) is 5.91 Å². The van der Waals surface area contributed by atoms with E-state index in [1.165, 1.54) is 41.6 Å². The van der Waals surface area contributed by atoms with Crippen LogP contribution in [0, 0.1) is 0 Å². The van der Waals surface area contributed by atoms with Crippen LogP contribution < -0.4 is 14.5 Å². The zero-order chi connectivity index (χ0) is 24.1. The topological polar surface area (TPSA) is 69.7 Å². The molecule has 0 spiro atoms. The lowest BCUT2D eigenvalue weighted by molar-refractivity contribution is -0.119. The Morgan fingerprint density at radius 3 is 2.38 bits per heavy atom. The molecule has 6 nitrogen and oxygen atoms in total. The molecule has 9 heteroatoms. The van der Waals surface area contributed by atoms with Gasteiger partial charge in [-0.2, -0.15) is 0 Å². The second-order valence-corrected chi connectivity index (χ2v) is 10.8. The number of rotatable bonds is 9. The normalized spacial score (nSPS) is 12.9. The van der Waals surface area contributed by atoms with Crippen LogP contribution in [0.25, 0.3) is 0 Å². The largest absolute Gasteiger partial charge is 0.371 e. The second-order valence-electron chi connectivity index (χ2n) is 8.02. The Hall–Kier alpha value is -2.74. The summed E-state index contributed by atoms with van der Waals surface area (Å²) in [4.78, 5) is 15.2. The van der Waals surface area contributed by atoms with Crippen LogP contribution in [0.1, 0.15) is 12.0 Å². The molecular formula is C25H25Cl2N3O3S. The predicted octanol–water partition coefficient (Wildman–Crippen LogP) is 4.76. The van der Waals surface area contributed by atoms with Crippen molar-refractivity contribution in [2.24, 2.45) is 0 Å². The number of para-hydroxylation sites is 1. The van der Waals surface area contributed by atoms with Gasteiger partial charge in [-0.15, -0.1) is 0 Å². The third-order valence-electron chi connectivity index (χ3n) is 5.66. The van der Waals surface area contributed by atoms with Gasteiger partial charge in [0.15, 0.2) is 0 Å². The highest BCUT2D eigenvalue weighted by Gasteiger charge is 2.27. The number of sulfonamides is 1. The van der Waals surface area contributed by atoms with Crippen LogP contribution in [0.3, 0.4) is 0 Å². The summed E-state index contributed by atoms with van der Waals surface area (Å²) in [5.74, 6) is -0.405. The summed E-state index contributed by atoms with van der Waals surface area (Å²) in [6.45, 7) is 1.83. The monoisotopic (exact) mass is 517 g/mol. The predicted molar refractivity (Wildman–Crippen MR) is 137 cm³/mol. The summed E-state index contributed by atoms with van der Waals surface area (Å²) < 4.78 is 27.8. The first-order valence-electron chi connectivity index (χ1n) is 11.0. The Morgan fingerprint density at radius 1 is 0.971 bits per heavy atom. The Balaban J connectivity index is 1.42. The highest BCUT2D eigenvalue weighted by atomic mass is 35.5. The molecule has 0 unspecified atom stereocenters. The van der Waals surface area contributed by atoms with Gasteiger partial charge in [0.1, 0.15) is 6.54 Å². The smallest absolute Gasteiger partial charge is 0.264 e. The SMILES string of the molecule is O=C(CN(c1cc(Cl)cc(Cl)c1)S(=O)(=O)c1ccccc1)NCCCN1CCc2ccccc21. The van der Waals surface area contributed by atoms with E-state index in [0.29, 0.717) is 6.54 Å². The van der Waals surface area contributed by atoms with Gasteiger partial charge in [-0.05, 0) is 54.8 Å². The molecule has 0 fully saturated rings. The first-order chi connectivity index (χ1) is 16.3. The molecule has 0 aromatic heterocycles. The molecule has 1 heterocycles. The minimum Gasteiger partial charge on any atom is -0.371 e. The number of hydrogen-bond donors (Lipinski definition) is 1. The van der Waals surface area contributed by atoms with E-state index in [0.717, 1.165) is 30.2 Å². The molecular weight excluding hydrogens is 493 g/mol. The van der Waals surface area contributed by atoms with Crippen molar-refractivity contribution >= 4 is 50.5 Å². The van der Waals surface area contributed by atoms with E-state index >= 15 is 0 Å². The third kappa shape index (κ3) is 5.66. The lowest BCUT2D eigenvalue weighted by Crippen LogP contribution is -2.41. The quantitative estimate of drug-likeness (QED) is 0.415. The maximum absolute atomic E-state index is 13.4. The summed E-state index contributed by atoms with van der Waals surface area (Å²) in [6, 6.07) is 20.8. The minimum absolute atomic E-state index is 0.0756. The molecule has 0 radical (unpaired) electrons. The van der Waals surface area contributed by atoms with Gasteiger partial charge in [0.25, 0.3) is 10.0 Å². The second kappa shape index (κ2) is 10.7. The van der Waals surface area contributed by atoms with Crippen molar-refractivity contribution in [3.63, 3.8) is 0 Å². The number of benzene rings is 3. The fraction of sp³-hybridized carbons (Fsp3) is 0.240. The molecule has 1 N–H and O–H groups in total. The first-order valence-corrected chi connectivity index (χ1v) is 13.2. The average molecular weight is 518 g/mol. The first kappa shape index (κ1) is 24.4. The molecule has 34 heavy (non-hydrogen) atoms. The van der Waals surface area contributed by atoms with E-state index in [2.05, 4.69) is 22.3 Å². The molecule has 1 aliphatic rings. The lowest BCUT2D eigenvalue weighted by Gasteiger charge is -2.25. The van der Waals surface area contributed by atoms with Crippen LogP contribution in [-0.2, 0) is 21.2 Å². The maximum Gasteiger partial charge on any atom is 0.264 e. The molecule has 0 saturated carbocycles. The maximum atomic E-state index is 13.4. The molecule has 1 aliphatic heterocycles. The van der Waals surface area contributed by atoms with E-state index in [1.54, 1.807) is 18.2 Å². The van der Waals surface area contributed by atoms with E-state index in [1.807, 2.05) is 12.1 Å². The molecule has 1 amide bonds. The molecule has 0 bridgehead atoms. The van der Waals surface area contributed by atoms with Crippen molar-refractivity contribution in [2.75, 3.05) is 35.4 Å². The summed E-state index contributed by atoms with van der Waals surface area (Å²) >= 11 is 12.2. The van der Waals surface area contributed by atoms with E-state index in [9.17, 15) is 13.2 Å². The summed E-state index contributed by atoms with van der Waals surface area (Å²) in [7, 11) is -4.01. The van der Waals surface area contributed by atoms with Crippen molar-refractivity contribution in [1.82, 2.24) is 5.32 Å². The van der Waals surface area contributed by atoms with E-state index in [-0.39, 0.29) is 27.2 Å². The molecule has 3 aromatic carbocycles. The number of amides is 1. The zero-order valence-electron chi connectivity index (χ0n) is 18.5. The van der Waals surface area contributed by atoms with Crippen LogP contribution in [0.4, 0.5) is 11.4 Å². The summed E-state index contributed by atoms with van der Waals surface area (Å²) in [5.41, 5.74) is 2.81. The number of halogens is 2. The molecule has 3 aromatic rings. The molecule has 4 rings (SSSR count). The van der Waals surface area contributed by atoms with Gasteiger partial charge in [0, 0.05) is 35.4 Å². The number of fused-ring (bicyclic) bond motifs is 1. The number of anilines is 2. The highest BCUT2D eigenvalue weighted by molar-refractivity contribution is 7.92. The number of nitrogens with one attached hydrogen (secondary N) is 1. The van der Waals surface area contributed by atoms with Gasteiger partial charge in [-0.3, -0.25) is 9.10 Å². The van der Waals surface area contributed by atoms with Crippen molar-refractivity contribution in [3.8, 4) is 0 Å². The van der Waals surface area contributed by atoms with E-state index in [4.69, 9.17) is 23.2 Å². The van der Waals surface area contributed by atoms with Gasteiger partial charge < -0.3 is 10.2 Å². The Kier molecular flexibility index (Phi) is 7.66. The van der Waals surface area contributed by atoms with E-state index < -0.39 is 15.9 Å². The van der Waals surface area contributed by atoms with Crippen LogP contribution in [-0.4, -0.2) is 40.5 Å². The molecule has 0 saturated heterocycles. The number of hydrogen-bond acceptors (Lipinski definition) is 4. The van der Waals surface area contributed by atoms with Gasteiger partial charge in [0.05, 0.1) is 10.6 Å². The van der Waals surface area contributed by atoms with Crippen LogP contribution >= 0.6 is 23.2 Å². The molecule has 0 atom stereocenters. The fourth-order valence-corrected chi connectivity index (χ4v) is 5.98. The zero-order valence-corrected chi connectivity index (χ0v) is 20.8. The number of nitrogens with zero attached hydrogens (tertiary/aromatic N) is 2. The Morgan fingerprint density at radius 2 is 1.65 bits per heavy atom. The highest BCUT2D eigenvalue weighted by Crippen LogP contribution is 2.30. The summed E-state index contributed by atoms with van der Waals surface area (Å²) in [6.07, 6.45) is 1.77. The van der Waals surface area contributed by atoms with Crippen molar-refractivity contribution in [2.45, 2.75) is 17.7 Å². The number of carbonyl (C=O) groups is 1. The fourth-order valence-electron chi connectivity index (χ4n) is 4.04. The Bertz CT molecular complexity index is 1250. The third-order valence-corrected chi connectivity index (χ3v) is 7.89. The van der Waals surface area contributed by atoms with Crippen LogP contribution in [0.5, 0.6) is 0 Å². The van der Waals surface area contributed by atoms with Gasteiger partial charge >= 0.3 is 0 Å². The van der Waals surface area contributed by atoms with Gasteiger partial charge in [-0.1, -0.05) is 59.6 Å². The summed E-state index contributed by atoms with van der Waals surface area (Å²) in [5, 5.41) is 3.41. The van der Waals surface area contributed by atoms with Crippen LogP contribution in [0.15, 0.2) is 77.7 Å². The standard InChI is InChI=1S/C25H25Cl2N3O3S/c26-20-15-21(27)17-22(16-20)30(34(32,33)23-8-2-1-3-9-23)18-25(31)28-12-6-13-29-14-11-19-7-4-5-10-24(19)29/h1-5,7-10,15-17H,6,11-14,18H2,(H,28,31). The van der Waals surface area contributed by atoms with Crippen LogP contribution in [0.2, 0.25) is 10.0 Å². The molecule has 178 valence electrons. The number of carbonyl (C=O) groups excluding carboxylic acids is 1. The minimum atomic E-state index is -4.01. The van der Waals surface area contributed by atoms with Crippen molar-refractivity contribution in [3.05, 3.63) is 88.4 Å². The Labute approximate surface area is 210 Å². The molecule has 0 aliphatic carbocycles. The van der Waals surface area contributed by atoms with Gasteiger partial charge in [-0.25, -0.2) is 8.42 Å². The van der Waals surface area contributed by atoms with Crippen molar-refractivity contribution < 1.29 is 13.2 Å². The van der Waals surface area contributed by atoms with Crippen molar-refractivity contribution in [1.29, 1.82) is 0 Å². The average Bonchev–Trinajstić information content (AvgIpc) is 3.23.